The zero-order valence-electron chi connectivity index (χ0n) is 19.5. The molecule has 0 unspecified atom stereocenters. The number of aromatic amines is 1. The van der Waals surface area contributed by atoms with Crippen LogP contribution in [-0.2, 0) is 6.54 Å². The van der Waals surface area contributed by atoms with E-state index in [2.05, 4.69) is 56.4 Å². The van der Waals surface area contributed by atoms with Crippen molar-refractivity contribution in [2.45, 2.75) is 6.54 Å². The summed E-state index contributed by atoms with van der Waals surface area (Å²) in [6, 6.07) is 22.2. The summed E-state index contributed by atoms with van der Waals surface area (Å²) in [5.41, 5.74) is 5.74. The van der Waals surface area contributed by atoms with Gasteiger partial charge in [0, 0.05) is 43.0 Å². The minimum absolute atomic E-state index is 0.126. The van der Waals surface area contributed by atoms with Gasteiger partial charge in [0.2, 0.25) is 0 Å². The van der Waals surface area contributed by atoms with Crippen LogP contribution in [0, 0.1) is 0 Å². The summed E-state index contributed by atoms with van der Waals surface area (Å²) in [4.78, 5) is 30.1. The summed E-state index contributed by atoms with van der Waals surface area (Å²) in [5.74, 6) is 0.611. The summed E-state index contributed by atoms with van der Waals surface area (Å²) in [7, 11) is 2.17. The highest BCUT2D eigenvalue weighted by molar-refractivity contribution is 7.21. The Labute approximate surface area is 207 Å². The van der Waals surface area contributed by atoms with E-state index in [1.54, 1.807) is 11.3 Å². The van der Waals surface area contributed by atoms with Crippen molar-refractivity contribution in [3.05, 3.63) is 78.1 Å². The van der Waals surface area contributed by atoms with E-state index in [0.717, 1.165) is 63.8 Å². The number of fused-ring (bicyclic) bond motifs is 2. The van der Waals surface area contributed by atoms with Crippen molar-refractivity contribution >= 4 is 44.2 Å². The Hall–Kier alpha value is -3.75. The third-order valence-corrected chi connectivity index (χ3v) is 7.56. The molecule has 0 bridgehead atoms. The number of para-hydroxylation sites is 2. The van der Waals surface area contributed by atoms with Gasteiger partial charge in [0.05, 0.1) is 27.8 Å². The van der Waals surface area contributed by atoms with Crippen LogP contribution in [0.1, 0.15) is 16.2 Å². The Morgan fingerprint density at radius 2 is 1.77 bits per heavy atom. The number of anilines is 1. The fraction of sp³-hybridized carbons (Fsp3) is 0.222. The molecule has 0 aliphatic carbocycles. The Kier molecular flexibility index (Phi) is 5.67. The average Bonchev–Trinajstić information content (AvgIpc) is 3.51. The molecule has 3 aromatic carbocycles. The highest BCUT2D eigenvalue weighted by atomic mass is 32.1. The van der Waals surface area contributed by atoms with Crippen LogP contribution in [0.2, 0.25) is 0 Å². The molecule has 1 amide bonds. The number of aromatic nitrogens is 3. The molecule has 8 heteroatoms. The van der Waals surface area contributed by atoms with Gasteiger partial charge < -0.3 is 20.1 Å². The number of benzene rings is 3. The van der Waals surface area contributed by atoms with Gasteiger partial charge in [-0.05, 0) is 61.6 Å². The van der Waals surface area contributed by atoms with E-state index in [9.17, 15) is 4.79 Å². The lowest BCUT2D eigenvalue weighted by Gasteiger charge is -2.34. The molecular formula is C27H26N6OS. The highest BCUT2D eigenvalue weighted by Crippen LogP contribution is 2.32. The number of thiazole rings is 1. The van der Waals surface area contributed by atoms with Gasteiger partial charge in [-0.3, -0.25) is 4.79 Å². The zero-order chi connectivity index (χ0) is 23.8. The first-order valence-electron chi connectivity index (χ1n) is 11.8. The number of carbonyl (C=O) groups is 1. The van der Waals surface area contributed by atoms with Crippen LogP contribution < -0.4 is 10.2 Å². The van der Waals surface area contributed by atoms with Gasteiger partial charge in [-0.15, -0.1) is 11.3 Å². The summed E-state index contributed by atoms with van der Waals surface area (Å²) < 4.78 is 1.000. The number of rotatable bonds is 5. The average molecular weight is 483 g/mol. The van der Waals surface area contributed by atoms with Crippen LogP contribution in [0.25, 0.3) is 31.8 Å². The van der Waals surface area contributed by atoms with Crippen LogP contribution >= 0.6 is 11.3 Å². The SMILES string of the molecule is CN1CCN(c2ccc(-c3nc4ccc(C(=O)NCc5nc6ccccc6[nH]5)cc4s3)cc2)CC1. The number of piperazine rings is 1. The van der Waals surface area contributed by atoms with Gasteiger partial charge in [0.25, 0.3) is 5.91 Å². The lowest BCUT2D eigenvalue weighted by Crippen LogP contribution is -2.44. The Bertz CT molecular complexity index is 1460. The Balaban J connectivity index is 1.15. The lowest BCUT2D eigenvalue weighted by atomic mass is 10.2. The topological polar surface area (TPSA) is 77.2 Å². The monoisotopic (exact) mass is 482 g/mol. The Morgan fingerprint density at radius 3 is 2.57 bits per heavy atom. The van der Waals surface area contributed by atoms with E-state index < -0.39 is 0 Å². The Morgan fingerprint density at radius 1 is 0.971 bits per heavy atom. The van der Waals surface area contributed by atoms with E-state index in [4.69, 9.17) is 4.98 Å². The number of H-pyrrole nitrogens is 1. The van der Waals surface area contributed by atoms with Gasteiger partial charge in [-0.2, -0.15) is 0 Å². The normalized spacial score (nSPS) is 14.6. The second kappa shape index (κ2) is 9.13. The summed E-state index contributed by atoms with van der Waals surface area (Å²) in [6.45, 7) is 4.64. The molecule has 3 heterocycles. The number of nitrogens with zero attached hydrogens (tertiary/aromatic N) is 4. The number of amides is 1. The maximum Gasteiger partial charge on any atom is 0.251 e. The smallest absolute Gasteiger partial charge is 0.251 e. The molecule has 0 spiro atoms. The third-order valence-electron chi connectivity index (χ3n) is 6.49. The second-order valence-electron chi connectivity index (χ2n) is 8.92. The van der Waals surface area contributed by atoms with Gasteiger partial charge in [0.1, 0.15) is 10.8 Å². The minimum atomic E-state index is -0.126. The van der Waals surface area contributed by atoms with Crippen LogP contribution in [0.15, 0.2) is 66.7 Å². The summed E-state index contributed by atoms with van der Waals surface area (Å²) in [5, 5.41) is 3.93. The maximum absolute atomic E-state index is 12.8. The summed E-state index contributed by atoms with van der Waals surface area (Å²) >= 11 is 1.61. The maximum atomic E-state index is 12.8. The van der Waals surface area contributed by atoms with Crippen LogP contribution in [0.3, 0.4) is 0 Å². The fourth-order valence-corrected chi connectivity index (χ4v) is 5.43. The predicted octanol–water partition coefficient (Wildman–Crippen LogP) is 4.52. The van der Waals surface area contributed by atoms with Crippen LogP contribution in [-0.4, -0.2) is 59.0 Å². The molecule has 6 rings (SSSR count). The molecule has 2 N–H and O–H groups in total. The molecule has 7 nitrogen and oxygen atoms in total. The van der Waals surface area contributed by atoms with Crippen molar-refractivity contribution in [1.29, 1.82) is 0 Å². The number of hydrogen-bond donors (Lipinski definition) is 2. The second-order valence-corrected chi connectivity index (χ2v) is 9.95. The largest absolute Gasteiger partial charge is 0.369 e. The van der Waals surface area contributed by atoms with Crippen molar-refractivity contribution < 1.29 is 4.79 Å². The van der Waals surface area contributed by atoms with Crippen molar-refractivity contribution in [2.24, 2.45) is 0 Å². The van der Waals surface area contributed by atoms with Crippen molar-refractivity contribution in [1.82, 2.24) is 25.2 Å². The first-order chi connectivity index (χ1) is 17.1. The molecule has 1 aliphatic rings. The van der Waals surface area contributed by atoms with E-state index >= 15 is 0 Å². The van der Waals surface area contributed by atoms with Crippen molar-refractivity contribution in [3.8, 4) is 10.6 Å². The van der Waals surface area contributed by atoms with Crippen LogP contribution in [0.4, 0.5) is 5.69 Å². The third kappa shape index (κ3) is 4.50. The molecule has 0 radical (unpaired) electrons. The molecule has 1 fully saturated rings. The molecule has 5 aromatic rings. The minimum Gasteiger partial charge on any atom is -0.369 e. The molecular weight excluding hydrogens is 456 g/mol. The molecule has 2 aromatic heterocycles. The fourth-order valence-electron chi connectivity index (χ4n) is 4.42. The van der Waals surface area contributed by atoms with E-state index in [1.807, 2.05) is 42.5 Å². The van der Waals surface area contributed by atoms with Gasteiger partial charge in [0.15, 0.2) is 0 Å². The molecule has 0 atom stereocenters. The van der Waals surface area contributed by atoms with E-state index in [0.29, 0.717) is 12.1 Å². The van der Waals surface area contributed by atoms with Gasteiger partial charge in [-0.25, -0.2) is 9.97 Å². The predicted molar refractivity (Wildman–Crippen MR) is 142 cm³/mol. The number of nitrogens with one attached hydrogen (secondary N) is 2. The van der Waals surface area contributed by atoms with Crippen molar-refractivity contribution in [3.63, 3.8) is 0 Å². The van der Waals surface area contributed by atoms with Crippen LogP contribution in [0.5, 0.6) is 0 Å². The number of imidazole rings is 1. The first-order valence-corrected chi connectivity index (χ1v) is 12.6. The summed E-state index contributed by atoms with van der Waals surface area (Å²) in [6.07, 6.45) is 0. The highest BCUT2D eigenvalue weighted by Gasteiger charge is 2.15. The van der Waals surface area contributed by atoms with Gasteiger partial charge >= 0.3 is 0 Å². The standard InChI is InChI=1S/C27H26N6OS/c1-32-12-14-33(15-13-32)20-9-6-18(7-10-20)27-31-23-11-8-19(16-24(23)35-27)26(34)28-17-25-29-21-4-2-3-5-22(21)30-25/h2-11,16H,12-15,17H2,1H3,(H,28,34)(H,29,30). The molecule has 1 aliphatic heterocycles. The zero-order valence-corrected chi connectivity index (χ0v) is 20.3. The molecule has 35 heavy (non-hydrogen) atoms. The quantitative estimate of drug-likeness (QED) is 0.385. The van der Waals surface area contributed by atoms with Crippen molar-refractivity contribution in [2.75, 3.05) is 38.1 Å². The number of carbonyl (C=O) groups excluding carboxylic acids is 1. The lowest BCUT2D eigenvalue weighted by molar-refractivity contribution is 0.0950. The van der Waals surface area contributed by atoms with Gasteiger partial charge in [-0.1, -0.05) is 12.1 Å². The number of likely N-dealkylation sites (N-methyl/N-ethyl adjacent to an activating group) is 1. The first kappa shape index (κ1) is 21.8. The van der Waals surface area contributed by atoms with E-state index in [1.165, 1.54) is 5.69 Å². The molecule has 176 valence electrons. The van der Waals surface area contributed by atoms with E-state index in [-0.39, 0.29) is 5.91 Å². The molecule has 0 saturated carbocycles. The number of hydrogen-bond acceptors (Lipinski definition) is 6. The molecule has 1 saturated heterocycles.